The molecule has 0 bridgehead atoms. The molecule has 0 unspecified atom stereocenters. The number of nitrogens with zero attached hydrogens (tertiary/aromatic N) is 3. The van der Waals surface area contributed by atoms with Crippen LogP contribution in [0, 0.1) is 5.41 Å². The van der Waals surface area contributed by atoms with Gasteiger partial charge in [-0.25, -0.2) is 4.98 Å². The fourth-order valence-corrected chi connectivity index (χ4v) is 5.30. The minimum absolute atomic E-state index is 0.146. The first kappa shape index (κ1) is 20.7. The molecule has 1 amide bonds. The van der Waals surface area contributed by atoms with Crippen LogP contribution in [-0.2, 0) is 11.3 Å². The molecule has 2 fully saturated rings. The first-order valence-corrected chi connectivity index (χ1v) is 11.5. The molecule has 1 aliphatic carbocycles. The molecule has 1 aliphatic heterocycles. The summed E-state index contributed by atoms with van der Waals surface area (Å²) in [7, 11) is 0. The molecular weight excluding hydrogens is 405 g/mol. The normalized spacial score (nSPS) is 20.0. The highest BCUT2D eigenvalue weighted by molar-refractivity contribution is 6.33. The number of amides is 1. The maximum Gasteiger partial charge on any atom is 0.228 e. The van der Waals surface area contributed by atoms with E-state index in [9.17, 15) is 4.79 Å². The van der Waals surface area contributed by atoms with Crippen molar-refractivity contribution < 1.29 is 4.79 Å². The maximum atomic E-state index is 13.1. The van der Waals surface area contributed by atoms with Crippen LogP contribution in [-0.4, -0.2) is 33.4 Å². The molecule has 0 N–H and O–H groups in total. The van der Waals surface area contributed by atoms with Crippen molar-refractivity contribution in [2.75, 3.05) is 13.1 Å². The van der Waals surface area contributed by atoms with Crippen LogP contribution in [0.2, 0.25) is 10.0 Å². The summed E-state index contributed by atoms with van der Waals surface area (Å²) in [5, 5.41) is 1.41. The van der Waals surface area contributed by atoms with Gasteiger partial charge in [0.15, 0.2) is 0 Å². The molecular formula is C23H29Cl2N3O. The summed E-state index contributed by atoms with van der Waals surface area (Å²) >= 11 is 12.5. The Morgan fingerprint density at radius 1 is 1.17 bits per heavy atom. The van der Waals surface area contributed by atoms with Crippen LogP contribution in [0.15, 0.2) is 30.6 Å². The molecule has 0 radical (unpaired) electrons. The molecule has 1 saturated heterocycles. The number of rotatable bonds is 4. The van der Waals surface area contributed by atoms with E-state index in [1.807, 2.05) is 30.6 Å². The van der Waals surface area contributed by atoms with Gasteiger partial charge < -0.3 is 9.47 Å². The van der Waals surface area contributed by atoms with Crippen molar-refractivity contribution in [1.82, 2.24) is 14.5 Å². The first-order chi connectivity index (χ1) is 14.0. The highest BCUT2D eigenvalue weighted by Crippen LogP contribution is 2.39. The van der Waals surface area contributed by atoms with E-state index in [2.05, 4.69) is 21.4 Å². The topological polar surface area (TPSA) is 38.1 Å². The molecule has 4 rings (SSSR count). The van der Waals surface area contributed by atoms with Crippen LogP contribution in [0.1, 0.15) is 69.2 Å². The third-order valence-electron chi connectivity index (χ3n) is 6.72. The number of aromatic nitrogens is 2. The SMILES string of the molecule is CC1(C(=O)N2CCC(c3nccn3Cc3cc(Cl)ccc3Cl)CC2)CCCCC1. The predicted octanol–water partition coefficient (Wildman–Crippen LogP) is 5.91. The summed E-state index contributed by atoms with van der Waals surface area (Å²) in [5.41, 5.74) is 0.851. The number of piperidine rings is 1. The zero-order valence-electron chi connectivity index (χ0n) is 17.0. The van der Waals surface area contributed by atoms with Gasteiger partial charge in [-0.05, 0) is 49.4 Å². The van der Waals surface area contributed by atoms with E-state index in [0.717, 1.165) is 55.2 Å². The van der Waals surface area contributed by atoms with E-state index in [-0.39, 0.29) is 5.41 Å². The standard InChI is InChI=1S/C23H29Cl2N3O/c1-23(9-3-2-4-10-23)22(29)27-12-7-17(8-13-27)21-26-11-14-28(21)16-18-15-19(24)5-6-20(18)25/h5-6,11,14-15,17H,2-4,7-10,12-13,16H2,1H3. The van der Waals surface area contributed by atoms with Gasteiger partial charge in [-0.15, -0.1) is 0 Å². The maximum absolute atomic E-state index is 13.1. The van der Waals surface area contributed by atoms with Crippen LogP contribution in [0.4, 0.5) is 0 Å². The molecule has 1 saturated carbocycles. The number of hydrogen-bond acceptors (Lipinski definition) is 2. The van der Waals surface area contributed by atoms with Gasteiger partial charge in [0.25, 0.3) is 0 Å². The number of carbonyl (C=O) groups excluding carboxylic acids is 1. The van der Waals surface area contributed by atoms with Gasteiger partial charge in [-0.2, -0.15) is 0 Å². The van der Waals surface area contributed by atoms with Crippen LogP contribution in [0.3, 0.4) is 0 Å². The van der Waals surface area contributed by atoms with E-state index in [0.29, 0.717) is 23.4 Å². The minimum Gasteiger partial charge on any atom is -0.342 e. The van der Waals surface area contributed by atoms with Gasteiger partial charge in [0.05, 0.1) is 6.54 Å². The van der Waals surface area contributed by atoms with Crippen molar-refractivity contribution in [1.29, 1.82) is 0 Å². The molecule has 0 spiro atoms. The van der Waals surface area contributed by atoms with Crippen molar-refractivity contribution in [2.24, 2.45) is 5.41 Å². The minimum atomic E-state index is -0.146. The summed E-state index contributed by atoms with van der Waals surface area (Å²) < 4.78 is 2.17. The second kappa shape index (κ2) is 8.69. The molecule has 2 heterocycles. The number of halogens is 2. The zero-order valence-corrected chi connectivity index (χ0v) is 18.6. The van der Waals surface area contributed by atoms with E-state index < -0.39 is 0 Å². The lowest BCUT2D eigenvalue weighted by molar-refractivity contribution is -0.144. The lowest BCUT2D eigenvalue weighted by Gasteiger charge is -2.40. The third-order valence-corrected chi connectivity index (χ3v) is 7.32. The van der Waals surface area contributed by atoms with Gasteiger partial charge in [0, 0.05) is 46.9 Å². The number of carbonyl (C=O) groups is 1. The third kappa shape index (κ3) is 4.49. The number of benzene rings is 1. The molecule has 2 aromatic rings. The second-order valence-electron chi connectivity index (χ2n) is 8.84. The number of imidazole rings is 1. The second-order valence-corrected chi connectivity index (χ2v) is 9.68. The molecule has 4 nitrogen and oxygen atoms in total. The lowest BCUT2D eigenvalue weighted by Crippen LogP contribution is -2.46. The van der Waals surface area contributed by atoms with E-state index in [1.54, 1.807) is 0 Å². The van der Waals surface area contributed by atoms with Crippen molar-refractivity contribution in [3.8, 4) is 0 Å². The van der Waals surface area contributed by atoms with Crippen molar-refractivity contribution >= 4 is 29.1 Å². The molecule has 156 valence electrons. The molecule has 2 aliphatic rings. The number of hydrogen-bond donors (Lipinski definition) is 0. The Bertz CT molecular complexity index is 865. The summed E-state index contributed by atoms with van der Waals surface area (Å²) in [6, 6.07) is 5.56. The van der Waals surface area contributed by atoms with Crippen LogP contribution < -0.4 is 0 Å². The molecule has 6 heteroatoms. The first-order valence-electron chi connectivity index (χ1n) is 10.7. The van der Waals surface area contributed by atoms with Crippen molar-refractivity contribution in [3.05, 3.63) is 52.0 Å². The van der Waals surface area contributed by atoms with Gasteiger partial charge in [0.1, 0.15) is 5.82 Å². The van der Waals surface area contributed by atoms with Crippen molar-refractivity contribution in [2.45, 2.75) is 64.3 Å². The molecule has 29 heavy (non-hydrogen) atoms. The average Bonchev–Trinajstić information content (AvgIpc) is 3.19. The van der Waals surface area contributed by atoms with Gasteiger partial charge in [0.2, 0.25) is 5.91 Å². The van der Waals surface area contributed by atoms with Crippen LogP contribution >= 0.6 is 23.2 Å². The Hall–Kier alpha value is -1.52. The fourth-order valence-electron chi connectivity index (χ4n) is 4.93. The van der Waals surface area contributed by atoms with Gasteiger partial charge in [-0.1, -0.05) is 49.4 Å². The summed E-state index contributed by atoms with van der Waals surface area (Å²) in [5.74, 6) is 1.81. The fraction of sp³-hybridized carbons (Fsp3) is 0.565. The monoisotopic (exact) mass is 433 g/mol. The van der Waals surface area contributed by atoms with E-state index in [1.165, 1.54) is 19.3 Å². The highest BCUT2D eigenvalue weighted by atomic mass is 35.5. The molecule has 1 aromatic heterocycles. The van der Waals surface area contributed by atoms with Crippen molar-refractivity contribution in [3.63, 3.8) is 0 Å². The zero-order chi connectivity index (χ0) is 20.4. The Morgan fingerprint density at radius 3 is 2.62 bits per heavy atom. The quantitative estimate of drug-likeness (QED) is 0.600. The highest BCUT2D eigenvalue weighted by Gasteiger charge is 2.39. The van der Waals surface area contributed by atoms with Crippen LogP contribution in [0.25, 0.3) is 0 Å². The largest absolute Gasteiger partial charge is 0.342 e. The average molecular weight is 434 g/mol. The smallest absolute Gasteiger partial charge is 0.228 e. The Morgan fingerprint density at radius 2 is 1.90 bits per heavy atom. The predicted molar refractivity (Wildman–Crippen MR) is 118 cm³/mol. The lowest BCUT2D eigenvalue weighted by atomic mass is 9.74. The van der Waals surface area contributed by atoms with E-state index in [4.69, 9.17) is 23.2 Å². The summed E-state index contributed by atoms with van der Waals surface area (Å²) in [6.45, 7) is 4.47. The summed E-state index contributed by atoms with van der Waals surface area (Å²) in [4.78, 5) is 19.9. The van der Waals surface area contributed by atoms with Gasteiger partial charge >= 0.3 is 0 Å². The Labute approximate surface area is 183 Å². The Balaban J connectivity index is 1.41. The van der Waals surface area contributed by atoms with E-state index >= 15 is 0 Å². The van der Waals surface area contributed by atoms with Gasteiger partial charge in [-0.3, -0.25) is 4.79 Å². The summed E-state index contributed by atoms with van der Waals surface area (Å²) in [6.07, 6.45) is 11.5. The van der Waals surface area contributed by atoms with Crippen LogP contribution in [0.5, 0.6) is 0 Å². The molecule has 1 aromatic carbocycles. The molecule has 0 atom stereocenters. The number of likely N-dealkylation sites (tertiary alicyclic amines) is 1. The Kier molecular flexibility index (Phi) is 6.21.